The second-order valence-electron chi connectivity index (χ2n) is 19.2. The van der Waals surface area contributed by atoms with Crippen molar-refractivity contribution in [2.24, 2.45) is 11.8 Å². The molecule has 12 rings (SSSR count). The van der Waals surface area contributed by atoms with E-state index in [2.05, 4.69) is 0 Å². The number of hydrogen-bond acceptors (Lipinski definition) is 6. The van der Waals surface area contributed by atoms with Crippen molar-refractivity contribution >= 4 is 73.6 Å². The Bertz CT molecular complexity index is 3260. The summed E-state index contributed by atoms with van der Waals surface area (Å²) in [5.74, 6) is -2.67. The number of alkyl halides is 1. The van der Waals surface area contributed by atoms with E-state index in [9.17, 15) is 19.5 Å². The Kier molecular flexibility index (Phi) is 9.17. The van der Waals surface area contributed by atoms with Crippen molar-refractivity contribution in [2.45, 2.75) is 70.1 Å². The van der Waals surface area contributed by atoms with Crippen LogP contribution < -0.4 is 14.7 Å². The molecule has 1 fully saturated rings. The minimum Gasteiger partial charge on any atom is -0.394 e. The van der Waals surface area contributed by atoms with Gasteiger partial charge in [0, 0.05) is 46.1 Å². The zero-order chi connectivity index (χ0) is 46.1. The molecular weight excluding hydrogens is 844 g/mol. The van der Waals surface area contributed by atoms with Crippen LogP contribution in [0.15, 0.2) is 140 Å². The molecular formula is C56H47FN4O6. The Morgan fingerprint density at radius 3 is 1.93 bits per heavy atom. The van der Waals surface area contributed by atoms with Crippen molar-refractivity contribution in [1.82, 2.24) is 4.90 Å². The summed E-state index contributed by atoms with van der Waals surface area (Å²) >= 11 is 0. The monoisotopic (exact) mass is 890 g/mol. The molecule has 1 saturated heterocycles. The topological polar surface area (TPSA) is 111 Å². The molecule has 0 bridgehead atoms. The molecule has 0 aromatic heterocycles. The number of ether oxygens (including phenoxy) is 1. The van der Waals surface area contributed by atoms with Crippen LogP contribution in [0.4, 0.5) is 32.8 Å². The second kappa shape index (κ2) is 14.9. The first-order valence-electron chi connectivity index (χ1n) is 23.0. The van der Waals surface area contributed by atoms with Gasteiger partial charge in [-0.25, -0.2) is 4.39 Å². The average molecular weight is 891 g/mol. The Morgan fingerprint density at radius 1 is 0.731 bits per heavy atom. The summed E-state index contributed by atoms with van der Waals surface area (Å²) < 4.78 is 24.1. The van der Waals surface area contributed by atoms with Gasteiger partial charge in [-0.1, -0.05) is 91.9 Å². The van der Waals surface area contributed by atoms with E-state index in [1.807, 2.05) is 146 Å². The highest BCUT2D eigenvalue weighted by Crippen LogP contribution is 2.60. The zero-order valence-electron chi connectivity index (χ0n) is 37.3. The molecule has 334 valence electrons. The fraction of sp³-hybridized carbons (Fsp3) is 0.250. The Morgan fingerprint density at radius 2 is 1.31 bits per heavy atom. The van der Waals surface area contributed by atoms with Crippen LogP contribution in [0.1, 0.15) is 70.2 Å². The number of rotatable bonds is 8. The summed E-state index contributed by atoms with van der Waals surface area (Å²) in [6.45, 7) is 4.96. The zero-order valence-corrected chi connectivity index (χ0v) is 37.3. The Balaban J connectivity index is 0.928. The number of carbonyl (C=O) groups excluding carboxylic acids is 4. The van der Waals surface area contributed by atoms with Gasteiger partial charge in [-0.3, -0.25) is 29.0 Å². The van der Waals surface area contributed by atoms with E-state index in [0.29, 0.717) is 46.7 Å². The van der Waals surface area contributed by atoms with E-state index in [4.69, 9.17) is 4.74 Å². The number of benzene rings is 7. The van der Waals surface area contributed by atoms with Crippen molar-refractivity contribution in [1.29, 1.82) is 0 Å². The summed E-state index contributed by atoms with van der Waals surface area (Å²) in [6, 6.07) is 43.5. The molecule has 7 aromatic rings. The molecule has 0 unspecified atom stereocenters. The van der Waals surface area contributed by atoms with E-state index < -0.39 is 41.2 Å². The normalized spacial score (nSPS) is 22.8. The largest absolute Gasteiger partial charge is 0.394 e. The van der Waals surface area contributed by atoms with Gasteiger partial charge in [0.05, 0.1) is 59.9 Å². The van der Waals surface area contributed by atoms with Gasteiger partial charge in [-0.2, -0.15) is 0 Å². The van der Waals surface area contributed by atoms with Crippen LogP contribution in [0, 0.1) is 11.8 Å². The van der Waals surface area contributed by atoms with Gasteiger partial charge in [0.2, 0.25) is 5.91 Å². The number of nitrogens with zero attached hydrogens (tertiary/aromatic N) is 4. The first-order chi connectivity index (χ1) is 32.4. The number of hydrogen-bond donors (Lipinski definition) is 1. The maximum absolute atomic E-state index is 17.0. The molecule has 0 aliphatic carbocycles. The van der Waals surface area contributed by atoms with E-state index >= 15 is 9.18 Å². The molecule has 67 heavy (non-hydrogen) atoms. The minimum atomic E-state index is -1.89. The highest BCUT2D eigenvalue weighted by Gasteiger charge is 2.66. The first kappa shape index (κ1) is 41.2. The van der Waals surface area contributed by atoms with Crippen LogP contribution in [-0.2, 0) is 39.4 Å². The molecule has 1 spiro atoms. The molecule has 5 aliphatic heterocycles. The molecule has 10 nitrogen and oxygen atoms in total. The molecule has 5 atom stereocenters. The number of halogens is 1. The number of amides is 4. The minimum absolute atomic E-state index is 0.112. The van der Waals surface area contributed by atoms with Gasteiger partial charge < -0.3 is 19.6 Å². The van der Waals surface area contributed by atoms with Gasteiger partial charge >= 0.3 is 0 Å². The quantitative estimate of drug-likeness (QED) is 0.163. The standard InChI is InChI=1S/C56H47FN4O6/c1-32-51(55(2,3)57)47(28-48(63)58-30-37-11-5-4-10-36(37)26-40(58)31-62)67-56(32)43-27-39(61-46-19-9-15-35-13-7-17-42(50(35)46)53(61)65)24-25-44(43)59(54(56)66)29-33-20-22-38(23-21-33)60-45-18-8-14-34-12-6-16-41(49(34)45)52(60)64/h4-25,27,32,40,47,51,62H,26,28-31H2,1-3H3/t32-,40-,47+,51-,56+/m0/s1. The molecule has 4 amide bonds. The number of anilines is 5. The van der Waals surface area contributed by atoms with Gasteiger partial charge in [0.15, 0.2) is 5.60 Å². The molecule has 7 aromatic carbocycles. The molecule has 11 heteroatoms. The maximum atomic E-state index is 17.0. The third-order valence-corrected chi connectivity index (χ3v) is 15.1. The fourth-order valence-corrected chi connectivity index (χ4v) is 12.1. The average Bonchev–Trinajstić information content (AvgIpc) is 3.98. The van der Waals surface area contributed by atoms with Crippen LogP contribution in [0.5, 0.6) is 0 Å². The van der Waals surface area contributed by atoms with E-state index in [-0.39, 0.29) is 37.3 Å². The number of carbonyl (C=O) groups is 4. The highest BCUT2D eigenvalue weighted by molar-refractivity contribution is 6.29. The van der Waals surface area contributed by atoms with Crippen molar-refractivity contribution in [3.63, 3.8) is 0 Å². The lowest BCUT2D eigenvalue weighted by Crippen LogP contribution is -2.48. The third-order valence-electron chi connectivity index (χ3n) is 15.1. The van der Waals surface area contributed by atoms with Crippen LogP contribution in [0.2, 0.25) is 0 Å². The molecule has 0 radical (unpaired) electrons. The summed E-state index contributed by atoms with van der Waals surface area (Å²) in [7, 11) is 0. The molecule has 5 heterocycles. The first-order valence-corrected chi connectivity index (χ1v) is 23.0. The van der Waals surface area contributed by atoms with Gasteiger partial charge in [0.25, 0.3) is 17.7 Å². The smallest absolute Gasteiger partial charge is 0.264 e. The highest BCUT2D eigenvalue weighted by atomic mass is 19.1. The third kappa shape index (κ3) is 6.00. The molecule has 0 saturated carbocycles. The molecule has 1 N–H and O–H groups in total. The maximum Gasteiger partial charge on any atom is 0.264 e. The fourth-order valence-electron chi connectivity index (χ4n) is 12.1. The van der Waals surface area contributed by atoms with Crippen molar-refractivity contribution < 1.29 is 33.4 Å². The summed E-state index contributed by atoms with van der Waals surface area (Å²) in [4.78, 5) is 65.0. The summed E-state index contributed by atoms with van der Waals surface area (Å²) in [5.41, 5.74) is 4.23. The van der Waals surface area contributed by atoms with Crippen molar-refractivity contribution in [3.8, 4) is 0 Å². The lowest BCUT2D eigenvalue weighted by molar-refractivity contribution is -0.151. The van der Waals surface area contributed by atoms with Crippen LogP contribution >= 0.6 is 0 Å². The number of fused-ring (bicyclic) bond motifs is 3. The number of aliphatic hydroxyl groups is 1. The summed E-state index contributed by atoms with van der Waals surface area (Å²) in [5, 5.41) is 14.2. The lowest BCUT2D eigenvalue weighted by Gasteiger charge is -2.37. The van der Waals surface area contributed by atoms with Crippen molar-refractivity contribution in [3.05, 3.63) is 173 Å². The molecule has 5 aliphatic rings. The Labute approximate surface area is 386 Å². The van der Waals surface area contributed by atoms with Crippen LogP contribution in [-0.4, -0.2) is 58.1 Å². The lowest BCUT2D eigenvalue weighted by atomic mass is 9.71. The van der Waals surface area contributed by atoms with Crippen molar-refractivity contribution in [2.75, 3.05) is 21.3 Å². The van der Waals surface area contributed by atoms with E-state index in [0.717, 1.165) is 49.6 Å². The van der Waals surface area contributed by atoms with Crippen LogP contribution in [0.3, 0.4) is 0 Å². The SMILES string of the molecule is C[C@H]1[C@H](C(C)(C)F)[C@@H](CC(=O)N2Cc3ccccc3C[C@H]2CO)O[C@]12C(=O)N(Cc1ccc(N3C(=O)c4cccc5cccc3c45)cc1)c1ccc(N3C(=O)c4cccc5cccc3c45)cc12. The van der Waals surface area contributed by atoms with Gasteiger partial charge in [-0.05, 0) is 102 Å². The number of aliphatic hydroxyl groups excluding tert-OH is 1. The van der Waals surface area contributed by atoms with E-state index in [1.54, 1.807) is 19.6 Å². The predicted octanol–water partition coefficient (Wildman–Crippen LogP) is 10.1. The Hall–Kier alpha value is -7.21. The summed E-state index contributed by atoms with van der Waals surface area (Å²) in [6.07, 6.45) is -0.740. The van der Waals surface area contributed by atoms with Crippen LogP contribution in [0.25, 0.3) is 21.5 Å². The predicted molar refractivity (Wildman–Crippen MR) is 255 cm³/mol. The second-order valence-corrected chi connectivity index (χ2v) is 19.2. The van der Waals surface area contributed by atoms with Gasteiger partial charge in [0.1, 0.15) is 5.67 Å². The van der Waals surface area contributed by atoms with Gasteiger partial charge in [-0.15, -0.1) is 0 Å². The van der Waals surface area contributed by atoms with E-state index in [1.165, 1.54) is 13.8 Å².